The molecule has 10 N–H and O–H groups in total. The molecule has 0 aromatic rings. The summed E-state index contributed by atoms with van der Waals surface area (Å²) >= 11 is 0. The molecule has 3 unspecified atom stereocenters. The van der Waals surface area contributed by atoms with Crippen LogP contribution in [0.5, 0.6) is 0 Å². The van der Waals surface area contributed by atoms with E-state index in [-0.39, 0.29) is 12.3 Å². The summed E-state index contributed by atoms with van der Waals surface area (Å²) in [6.45, 7) is 4.38. The molecule has 3 amide bonds. The Morgan fingerprint density at radius 2 is 1.39 bits per heavy atom. The monoisotopic (exact) mass is 444 g/mol. The van der Waals surface area contributed by atoms with Crippen molar-refractivity contribution in [3.05, 3.63) is 0 Å². The van der Waals surface area contributed by atoms with E-state index in [2.05, 4.69) is 16.0 Å². The highest BCUT2D eigenvalue weighted by Gasteiger charge is 2.25. The van der Waals surface area contributed by atoms with E-state index in [1.807, 2.05) is 13.8 Å². The lowest BCUT2D eigenvalue weighted by Gasteiger charge is -2.21. The zero-order valence-corrected chi connectivity index (χ0v) is 18.7. The zero-order chi connectivity index (χ0) is 23.8. The van der Waals surface area contributed by atoms with E-state index in [9.17, 15) is 24.3 Å². The molecule has 0 saturated carbocycles. The average molecular weight is 445 g/mol. The highest BCUT2D eigenvalue weighted by atomic mass is 16.4. The minimum Gasteiger partial charge on any atom is -0.480 e. The summed E-state index contributed by atoms with van der Waals surface area (Å²) in [5.74, 6) is -2.52. The molecule has 0 rings (SSSR count). The van der Waals surface area contributed by atoms with Crippen molar-refractivity contribution in [1.82, 2.24) is 16.0 Å². The standard InChI is InChI=1S/C20H40N6O5/c1-13(2)11-14(23)18(28)26-15(7-3-5-9-21)19(29)24-12-17(27)25-16(20(30)31)8-4-6-10-22/h13-16H,3-12,21-23H2,1-2H3,(H,24,29)(H,25,27)(H,26,28)(H,30,31). The number of carboxylic acids is 1. The third-order valence-corrected chi connectivity index (χ3v) is 4.65. The third kappa shape index (κ3) is 13.6. The first-order valence-corrected chi connectivity index (χ1v) is 10.9. The van der Waals surface area contributed by atoms with Crippen molar-refractivity contribution in [2.75, 3.05) is 19.6 Å². The molecule has 11 heteroatoms. The number of carbonyl (C=O) groups is 4. The van der Waals surface area contributed by atoms with Crippen LogP contribution in [0, 0.1) is 5.92 Å². The van der Waals surface area contributed by atoms with Gasteiger partial charge in [0.1, 0.15) is 12.1 Å². The Morgan fingerprint density at radius 3 is 1.87 bits per heavy atom. The second-order valence-electron chi connectivity index (χ2n) is 8.04. The molecular formula is C20H40N6O5. The van der Waals surface area contributed by atoms with Gasteiger partial charge in [0.2, 0.25) is 17.7 Å². The van der Waals surface area contributed by atoms with Gasteiger partial charge in [-0.05, 0) is 64.0 Å². The molecule has 0 fully saturated rings. The van der Waals surface area contributed by atoms with Crippen molar-refractivity contribution >= 4 is 23.7 Å². The highest BCUT2D eigenvalue weighted by molar-refractivity contribution is 5.92. The topological polar surface area (TPSA) is 203 Å². The maximum atomic E-state index is 12.5. The Bertz CT molecular complexity index is 572. The molecule has 31 heavy (non-hydrogen) atoms. The summed E-state index contributed by atoms with van der Waals surface area (Å²) in [6.07, 6.45) is 3.58. The van der Waals surface area contributed by atoms with Gasteiger partial charge in [-0.15, -0.1) is 0 Å². The van der Waals surface area contributed by atoms with E-state index in [1.54, 1.807) is 0 Å². The SMILES string of the molecule is CC(C)CC(N)C(=O)NC(CCCCN)C(=O)NCC(=O)NC(CCCCN)C(=O)O. The van der Waals surface area contributed by atoms with Gasteiger partial charge in [0.05, 0.1) is 12.6 Å². The van der Waals surface area contributed by atoms with Crippen molar-refractivity contribution in [2.45, 2.75) is 76.9 Å². The molecule has 0 aliphatic heterocycles. The van der Waals surface area contributed by atoms with Crippen molar-refractivity contribution in [1.29, 1.82) is 0 Å². The summed E-state index contributed by atoms with van der Waals surface area (Å²) in [6, 6.07) is -2.65. The average Bonchev–Trinajstić information content (AvgIpc) is 2.69. The largest absolute Gasteiger partial charge is 0.480 e. The number of unbranched alkanes of at least 4 members (excludes halogenated alkanes) is 2. The first-order valence-electron chi connectivity index (χ1n) is 10.9. The predicted molar refractivity (Wildman–Crippen MR) is 118 cm³/mol. The molecule has 0 aliphatic carbocycles. The smallest absolute Gasteiger partial charge is 0.326 e. The normalized spacial score (nSPS) is 13.9. The maximum absolute atomic E-state index is 12.5. The number of hydrogen-bond acceptors (Lipinski definition) is 7. The molecule has 0 bridgehead atoms. The van der Waals surface area contributed by atoms with E-state index in [0.29, 0.717) is 51.6 Å². The van der Waals surface area contributed by atoms with Crippen LogP contribution in [0.2, 0.25) is 0 Å². The Morgan fingerprint density at radius 1 is 0.839 bits per heavy atom. The van der Waals surface area contributed by atoms with Crippen LogP contribution in [-0.2, 0) is 19.2 Å². The summed E-state index contributed by atoms with van der Waals surface area (Å²) in [5.41, 5.74) is 16.8. The van der Waals surface area contributed by atoms with Gasteiger partial charge >= 0.3 is 5.97 Å². The molecule has 11 nitrogen and oxygen atoms in total. The van der Waals surface area contributed by atoms with Gasteiger partial charge in [0.25, 0.3) is 0 Å². The lowest BCUT2D eigenvalue weighted by molar-refractivity contribution is -0.142. The number of nitrogens with two attached hydrogens (primary N) is 3. The number of rotatable bonds is 17. The molecule has 0 aromatic carbocycles. The fourth-order valence-corrected chi connectivity index (χ4v) is 2.94. The van der Waals surface area contributed by atoms with Gasteiger partial charge in [0, 0.05) is 0 Å². The Labute approximate surface area is 184 Å². The van der Waals surface area contributed by atoms with Crippen LogP contribution >= 0.6 is 0 Å². The number of amides is 3. The highest BCUT2D eigenvalue weighted by Crippen LogP contribution is 2.06. The maximum Gasteiger partial charge on any atom is 0.326 e. The summed E-state index contributed by atoms with van der Waals surface area (Å²) in [7, 11) is 0. The van der Waals surface area contributed by atoms with E-state index in [1.165, 1.54) is 0 Å². The molecular weight excluding hydrogens is 404 g/mol. The summed E-state index contributed by atoms with van der Waals surface area (Å²) < 4.78 is 0. The number of hydrogen-bond donors (Lipinski definition) is 7. The molecule has 0 aromatic heterocycles. The van der Waals surface area contributed by atoms with E-state index >= 15 is 0 Å². The Kier molecular flexibility index (Phi) is 15.3. The predicted octanol–water partition coefficient (Wildman–Crippen LogP) is -1.21. The van der Waals surface area contributed by atoms with E-state index in [4.69, 9.17) is 17.2 Å². The molecule has 3 atom stereocenters. The second-order valence-corrected chi connectivity index (χ2v) is 8.04. The van der Waals surface area contributed by atoms with Crippen molar-refractivity contribution in [3.8, 4) is 0 Å². The fraction of sp³-hybridized carbons (Fsp3) is 0.800. The molecule has 0 radical (unpaired) electrons. The van der Waals surface area contributed by atoms with Crippen LogP contribution in [-0.4, -0.2) is 66.6 Å². The number of carboxylic acid groups (broad SMARTS) is 1. The molecule has 0 saturated heterocycles. The minimum atomic E-state index is -1.15. The van der Waals surface area contributed by atoms with Gasteiger partial charge in [-0.1, -0.05) is 13.8 Å². The minimum absolute atomic E-state index is 0.223. The van der Waals surface area contributed by atoms with Crippen LogP contribution in [0.25, 0.3) is 0 Å². The van der Waals surface area contributed by atoms with Crippen molar-refractivity contribution < 1.29 is 24.3 Å². The van der Waals surface area contributed by atoms with E-state index < -0.39 is 48.4 Å². The van der Waals surface area contributed by atoms with Gasteiger partial charge in [-0.3, -0.25) is 14.4 Å². The summed E-state index contributed by atoms with van der Waals surface area (Å²) in [5, 5.41) is 16.7. The van der Waals surface area contributed by atoms with Crippen LogP contribution in [0.15, 0.2) is 0 Å². The fourth-order valence-electron chi connectivity index (χ4n) is 2.94. The van der Waals surface area contributed by atoms with Crippen molar-refractivity contribution in [3.63, 3.8) is 0 Å². The van der Waals surface area contributed by atoms with Crippen molar-refractivity contribution in [2.24, 2.45) is 23.1 Å². The van der Waals surface area contributed by atoms with Gasteiger partial charge < -0.3 is 38.3 Å². The molecule has 0 aliphatic rings. The quantitative estimate of drug-likeness (QED) is 0.135. The van der Waals surface area contributed by atoms with Crippen LogP contribution in [0.4, 0.5) is 0 Å². The molecule has 0 spiro atoms. The lowest BCUT2D eigenvalue weighted by Crippen LogP contribution is -2.53. The van der Waals surface area contributed by atoms with E-state index in [0.717, 1.165) is 0 Å². The van der Waals surface area contributed by atoms with Crippen LogP contribution in [0.1, 0.15) is 58.8 Å². The number of aliphatic carboxylic acids is 1. The lowest BCUT2D eigenvalue weighted by atomic mass is 10.0. The Hall–Kier alpha value is -2.24. The first kappa shape index (κ1) is 28.8. The first-order chi connectivity index (χ1) is 14.6. The van der Waals surface area contributed by atoms with Gasteiger partial charge in [-0.25, -0.2) is 4.79 Å². The number of nitrogens with one attached hydrogen (secondary N) is 3. The summed E-state index contributed by atoms with van der Waals surface area (Å²) in [4.78, 5) is 48.2. The van der Waals surface area contributed by atoms with Crippen LogP contribution in [0.3, 0.4) is 0 Å². The van der Waals surface area contributed by atoms with Gasteiger partial charge in [0.15, 0.2) is 0 Å². The number of carbonyl (C=O) groups excluding carboxylic acids is 3. The van der Waals surface area contributed by atoms with Crippen LogP contribution < -0.4 is 33.2 Å². The second kappa shape index (κ2) is 16.5. The third-order valence-electron chi connectivity index (χ3n) is 4.65. The Balaban J connectivity index is 4.79. The molecule has 180 valence electrons. The van der Waals surface area contributed by atoms with Gasteiger partial charge in [-0.2, -0.15) is 0 Å². The molecule has 0 heterocycles. The zero-order valence-electron chi connectivity index (χ0n) is 18.7.